The maximum Gasteiger partial charge on any atom is 0.341 e. The number of hydrogen-bond donors (Lipinski definition) is 3. The summed E-state index contributed by atoms with van der Waals surface area (Å²) in [5.74, 6) is -0.324. The fourth-order valence-electron chi connectivity index (χ4n) is 1.28. The molecule has 1 heterocycles. The highest BCUT2D eigenvalue weighted by atomic mass is 16.5. The van der Waals surface area contributed by atoms with E-state index in [-0.39, 0.29) is 5.95 Å². The number of aliphatic carboxylic acids is 1. The first-order valence-corrected chi connectivity index (χ1v) is 4.25. The maximum absolute atomic E-state index is 10.3. The van der Waals surface area contributed by atoms with E-state index in [1.165, 1.54) is 0 Å². The summed E-state index contributed by atoms with van der Waals surface area (Å²) >= 11 is 0. The van der Waals surface area contributed by atoms with Crippen LogP contribution in [0.15, 0.2) is 18.2 Å². The lowest BCUT2D eigenvalue weighted by Gasteiger charge is -2.02. The first kappa shape index (κ1) is 9.32. The van der Waals surface area contributed by atoms with Gasteiger partial charge in [0.15, 0.2) is 12.6 Å². The summed E-state index contributed by atoms with van der Waals surface area (Å²) < 4.78 is 5.07. The number of nitrogen functional groups attached to an aromatic ring is 1. The van der Waals surface area contributed by atoms with Crippen LogP contribution in [-0.4, -0.2) is 27.7 Å². The zero-order valence-corrected chi connectivity index (χ0v) is 7.73. The number of aromatic nitrogens is 2. The minimum absolute atomic E-state index is 0.274. The molecule has 0 atom stereocenters. The molecule has 0 radical (unpaired) electrons. The van der Waals surface area contributed by atoms with Crippen molar-refractivity contribution in [3.05, 3.63) is 18.2 Å². The van der Waals surface area contributed by atoms with Gasteiger partial charge in [0.05, 0.1) is 5.52 Å². The van der Waals surface area contributed by atoms with Gasteiger partial charge in [0, 0.05) is 0 Å². The van der Waals surface area contributed by atoms with Crippen LogP contribution >= 0.6 is 0 Å². The normalized spacial score (nSPS) is 10.4. The molecule has 0 spiro atoms. The third kappa shape index (κ3) is 1.83. The van der Waals surface area contributed by atoms with Crippen LogP contribution < -0.4 is 10.5 Å². The summed E-state index contributed by atoms with van der Waals surface area (Å²) in [6, 6.07) is 5.14. The van der Waals surface area contributed by atoms with E-state index < -0.39 is 12.6 Å². The molecule has 2 aromatic rings. The van der Waals surface area contributed by atoms with Crippen LogP contribution in [0.1, 0.15) is 0 Å². The summed E-state index contributed by atoms with van der Waals surface area (Å²) in [4.78, 5) is 17.1. The molecule has 1 aromatic carbocycles. The van der Waals surface area contributed by atoms with E-state index in [4.69, 9.17) is 15.6 Å². The number of ether oxygens (including phenoxy) is 1. The Morgan fingerprint density at radius 2 is 2.40 bits per heavy atom. The number of carboxylic acids is 1. The molecule has 15 heavy (non-hydrogen) atoms. The van der Waals surface area contributed by atoms with E-state index in [1.807, 2.05) is 0 Å². The van der Waals surface area contributed by atoms with E-state index in [2.05, 4.69) is 9.97 Å². The van der Waals surface area contributed by atoms with Gasteiger partial charge in [0.2, 0.25) is 0 Å². The fourth-order valence-corrected chi connectivity index (χ4v) is 1.28. The molecule has 1 aromatic heterocycles. The number of nitrogens with one attached hydrogen (secondary N) is 1. The molecule has 0 fully saturated rings. The van der Waals surface area contributed by atoms with Crippen molar-refractivity contribution in [3.8, 4) is 5.75 Å². The zero-order chi connectivity index (χ0) is 10.8. The predicted molar refractivity (Wildman–Crippen MR) is 53.6 cm³/mol. The second kappa shape index (κ2) is 3.49. The first-order valence-electron chi connectivity index (χ1n) is 4.25. The van der Waals surface area contributed by atoms with Crippen LogP contribution in [0, 0.1) is 0 Å². The van der Waals surface area contributed by atoms with Gasteiger partial charge in [-0.3, -0.25) is 0 Å². The van der Waals surface area contributed by atoms with E-state index >= 15 is 0 Å². The van der Waals surface area contributed by atoms with E-state index in [1.54, 1.807) is 18.2 Å². The Morgan fingerprint density at radius 3 is 3.13 bits per heavy atom. The molecule has 0 bridgehead atoms. The minimum atomic E-state index is -1.03. The smallest absolute Gasteiger partial charge is 0.341 e. The van der Waals surface area contributed by atoms with Gasteiger partial charge < -0.3 is 20.6 Å². The number of imidazole rings is 1. The zero-order valence-electron chi connectivity index (χ0n) is 7.73. The number of para-hydroxylation sites is 1. The van der Waals surface area contributed by atoms with Crippen molar-refractivity contribution in [2.75, 3.05) is 12.3 Å². The third-order valence-electron chi connectivity index (χ3n) is 1.85. The average Bonchev–Trinajstić information content (AvgIpc) is 2.55. The number of anilines is 1. The van der Waals surface area contributed by atoms with Gasteiger partial charge in [-0.15, -0.1) is 0 Å². The second-order valence-corrected chi connectivity index (χ2v) is 2.95. The summed E-state index contributed by atoms with van der Waals surface area (Å²) in [5.41, 5.74) is 6.73. The number of aromatic amines is 1. The number of fused-ring (bicyclic) bond motifs is 1. The lowest BCUT2D eigenvalue weighted by molar-refractivity contribution is -0.139. The lowest BCUT2D eigenvalue weighted by atomic mass is 10.3. The Labute approximate surface area is 84.7 Å². The molecule has 6 nitrogen and oxygen atoms in total. The quantitative estimate of drug-likeness (QED) is 0.684. The highest BCUT2D eigenvalue weighted by Gasteiger charge is 2.07. The SMILES string of the molecule is Nc1nc2cccc(OCC(=O)O)c2[nH]1. The number of rotatable bonds is 3. The van der Waals surface area contributed by atoms with Crippen molar-refractivity contribution in [1.82, 2.24) is 9.97 Å². The fraction of sp³-hybridized carbons (Fsp3) is 0.111. The van der Waals surface area contributed by atoms with E-state index in [9.17, 15) is 4.79 Å². The van der Waals surface area contributed by atoms with Crippen molar-refractivity contribution in [3.63, 3.8) is 0 Å². The molecule has 4 N–H and O–H groups in total. The van der Waals surface area contributed by atoms with Gasteiger partial charge in [0.1, 0.15) is 11.3 Å². The Balaban J connectivity index is 2.37. The highest BCUT2D eigenvalue weighted by molar-refractivity contribution is 5.83. The van der Waals surface area contributed by atoms with E-state index in [0.29, 0.717) is 16.8 Å². The standard InChI is InChI=1S/C9H9N3O3/c10-9-11-5-2-1-3-6(8(5)12-9)15-4-7(13)14/h1-3H,4H2,(H,13,14)(H3,10,11,12). The third-order valence-corrected chi connectivity index (χ3v) is 1.85. The molecule has 78 valence electrons. The maximum atomic E-state index is 10.3. The Morgan fingerprint density at radius 1 is 1.60 bits per heavy atom. The summed E-state index contributed by atoms with van der Waals surface area (Å²) in [7, 11) is 0. The van der Waals surface area contributed by atoms with Gasteiger partial charge in [-0.25, -0.2) is 9.78 Å². The van der Waals surface area contributed by atoms with Crippen molar-refractivity contribution >= 4 is 23.0 Å². The first-order chi connectivity index (χ1) is 7.16. The van der Waals surface area contributed by atoms with Crippen molar-refractivity contribution in [2.45, 2.75) is 0 Å². The van der Waals surface area contributed by atoms with Gasteiger partial charge in [0.25, 0.3) is 0 Å². The molecule has 6 heteroatoms. The topological polar surface area (TPSA) is 101 Å². The summed E-state index contributed by atoms with van der Waals surface area (Å²) in [5, 5.41) is 8.48. The molecular weight excluding hydrogens is 198 g/mol. The number of nitrogens with two attached hydrogens (primary N) is 1. The second-order valence-electron chi connectivity index (χ2n) is 2.95. The monoisotopic (exact) mass is 207 g/mol. The number of carbonyl (C=O) groups is 1. The van der Waals surface area contributed by atoms with Crippen molar-refractivity contribution in [2.24, 2.45) is 0 Å². The van der Waals surface area contributed by atoms with Crippen LogP contribution in [0.5, 0.6) is 5.75 Å². The average molecular weight is 207 g/mol. The van der Waals surface area contributed by atoms with Crippen LogP contribution in [0.25, 0.3) is 11.0 Å². The van der Waals surface area contributed by atoms with Crippen LogP contribution in [-0.2, 0) is 4.79 Å². The number of H-pyrrole nitrogens is 1. The van der Waals surface area contributed by atoms with Gasteiger partial charge in [-0.1, -0.05) is 6.07 Å². The molecular formula is C9H9N3O3. The minimum Gasteiger partial charge on any atom is -0.480 e. The van der Waals surface area contributed by atoms with Gasteiger partial charge in [-0.05, 0) is 12.1 Å². The van der Waals surface area contributed by atoms with Gasteiger partial charge >= 0.3 is 5.97 Å². The Kier molecular flexibility index (Phi) is 2.17. The lowest BCUT2D eigenvalue weighted by Crippen LogP contribution is -2.09. The van der Waals surface area contributed by atoms with Crippen molar-refractivity contribution < 1.29 is 14.6 Å². The molecule has 0 saturated heterocycles. The largest absolute Gasteiger partial charge is 0.480 e. The summed E-state index contributed by atoms with van der Waals surface area (Å²) in [6.07, 6.45) is 0. The van der Waals surface area contributed by atoms with E-state index in [0.717, 1.165) is 0 Å². The Hall–Kier alpha value is -2.24. The highest BCUT2D eigenvalue weighted by Crippen LogP contribution is 2.23. The Bertz CT molecular complexity index is 506. The molecule has 0 aliphatic rings. The number of benzene rings is 1. The molecule has 0 aliphatic heterocycles. The van der Waals surface area contributed by atoms with Crippen molar-refractivity contribution in [1.29, 1.82) is 0 Å². The molecule has 2 rings (SSSR count). The van der Waals surface area contributed by atoms with Crippen LogP contribution in [0.4, 0.5) is 5.95 Å². The number of nitrogens with zero attached hydrogens (tertiary/aromatic N) is 1. The molecule has 0 saturated carbocycles. The van der Waals surface area contributed by atoms with Crippen LogP contribution in [0.3, 0.4) is 0 Å². The van der Waals surface area contributed by atoms with Crippen LogP contribution in [0.2, 0.25) is 0 Å². The summed E-state index contributed by atoms with van der Waals surface area (Å²) in [6.45, 7) is -0.391. The molecule has 0 aliphatic carbocycles. The molecule has 0 amide bonds. The number of hydrogen-bond acceptors (Lipinski definition) is 4. The number of carboxylic acid groups (broad SMARTS) is 1. The molecule has 0 unspecified atom stereocenters. The van der Waals surface area contributed by atoms with Gasteiger partial charge in [-0.2, -0.15) is 0 Å². The predicted octanol–water partition coefficient (Wildman–Crippen LogP) is 0.608.